The molecular weight excluding hydrogens is 304 g/mol. The first-order valence-electron chi connectivity index (χ1n) is 8.34. The van der Waals surface area contributed by atoms with Crippen LogP contribution in [0, 0.1) is 0 Å². The van der Waals surface area contributed by atoms with Gasteiger partial charge < -0.3 is 15.0 Å². The smallest absolute Gasteiger partial charge is 0.261 e. The summed E-state index contributed by atoms with van der Waals surface area (Å²) in [5.41, 5.74) is 1.39. The largest absolute Gasteiger partial charge is 0.393 e. The molecule has 1 aliphatic heterocycles. The Balaban J connectivity index is 1.84. The van der Waals surface area contributed by atoms with Crippen molar-refractivity contribution in [3.63, 3.8) is 0 Å². The number of rotatable bonds is 4. The van der Waals surface area contributed by atoms with Crippen LogP contribution in [0.4, 0.5) is 0 Å². The molecule has 1 aromatic heterocycles. The van der Waals surface area contributed by atoms with Gasteiger partial charge in [0.15, 0.2) is 0 Å². The lowest BCUT2D eigenvalue weighted by molar-refractivity contribution is 0.0680. The number of aromatic amines is 1. The van der Waals surface area contributed by atoms with Gasteiger partial charge in [-0.05, 0) is 43.9 Å². The van der Waals surface area contributed by atoms with Gasteiger partial charge in [-0.15, -0.1) is 0 Å². The number of hydrogen-bond acceptors (Lipinski definition) is 3. The van der Waals surface area contributed by atoms with Crippen LogP contribution in [-0.4, -0.2) is 39.6 Å². The van der Waals surface area contributed by atoms with E-state index in [2.05, 4.69) is 4.98 Å². The molecule has 2 unspecified atom stereocenters. The monoisotopic (exact) mass is 326 g/mol. The summed E-state index contributed by atoms with van der Waals surface area (Å²) in [6, 6.07) is 12.9. The normalized spacial score (nSPS) is 18.6. The minimum atomic E-state index is -0.456. The first-order chi connectivity index (χ1) is 11.6. The van der Waals surface area contributed by atoms with E-state index in [9.17, 15) is 14.7 Å². The van der Waals surface area contributed by atoms with Crippen molar-refractivity contribution >= 4 is 5.91 Å². The summed E-state index contributed by atoms with van der Waals surface area (Å²) in [4.78, 5) is 29.6. The van der Waals surface area contributed by atoms with Gasteiger partial charge in [0.25, 0.3) is 11.5 Å². The zero-order valence-corrected chi connectivity index (χ0v) is 13.7. The Kier molecular flexibility index (Phi) is 4.81. The molecule has 1 amide bonds. The highest BCUT2D eigenvalue weighted by Gasteiger charge is 2.31. The third kappa shape index (κ3) is 3.41. The minimum absolute atomic E-state index is 0.00528. The summed E-state index contributed by atoms with van der Waals surface area (Å²) >= 11 is 0. The summed E-state index contributed by atoms with van der Waals surface area (Å²) in [6.45, 7) is 2.36. The molecule has 3 rings (SSSR count). The van der Waals surface area contributed by atoms with E-state index in [1.165, 1.54) is 0 Å². The third-order valence-electron chi connectivity index (χ3n) is 4.48. The predicted molar refractivity (Wildman–Crippen MR) is 92.9 cm³/mol. The number of hydrogen-bond donors (Lipinski definition) is 2. The SMILES string of the molecule is CC(O)CC1CCCN1C(=O)c1ccc(-c2ccccc2)[nH]c1=O. The third-order valence-corrected chi connectivity index (χ3v) is 4.48. The van der Waals surface area contributed by atoms with E-state index in [0.717, 1.165) is 18.4 Å². The number of H-pyrrole nitrogens is 1. The first-order valence-corrected chi connectivity index (χ1v) is 8.34. The van der Waals surface area contributed by atoms with Crippen LogP contribution in [0.3, 0.4) is 0 Å². The Bertz CT molecular complexity index is 768. The maximum Gasteiger partial charge on any atom is 0.261 e. The van der Waals surface area contributed by atoms with Crippen molar-refractivity contribution in [2.45, 2.75) is 38.3 Å². The second kappa shape index (κ2) is 7.01. The lowest BCUT2D eigenvalue weighted by Crippen LogP contribution is -2.39. The molecule has 1 aromatic carbocycles. The maximum atomic E-state index is 12.7. The highest BCUT2D eigenvalue weighted by molar-refractivity contribution is 5.94. The van der Waals surface area contributed by atoms with Gasteiger partial charge in [0.2, 0.25) is 0 Å². The lowest BCUT2D eigenvalue weighted by Gasteiger charge is -2.25. The number of benzene rings is 1. The number of nitrogens with one attached hydrogen (secondary N) is 1. The molecule has 2 atom stereocenters. The molecule has 2 aromatic rings. The minimum Gasteiger partial charge on any atom is -0.393 e. The second-order valence-corrected chi connectivity index (χ2v) is 6.36. The van der Waals surface area contributed by atoms with E-state index in [1.807, 2.05) is 30.3 Å². The van der Waals surface area contributed by atoms with Crippen LogP contribution in [0.5, 0.6) is 0 Å². The number of carbonyl (C=O) groups excluding carboxylic acids is 1. The van der Waals surface area contributed by atoms with E-state index in [1.54, 1.807) is 24.0 Å². The molecule has 126 valence electrons. The standard InChI is InChI=1S/C19H22N2O3/c1-13(22)12-15-8-5-11-21(15)19(24)16-9-10-17(20-18(16)23)14-6-3-2-4-7-14/h2-4,6-7,9-10,13,15,22H,5,8,11-12H2,1H3,(H,20,23). The summed E-state index contributed by atoms with van der Waals surface area (Å²) in [5, 5.41) is 9.59. The molecule has 0 radical (unpaired) electrons. The molecule has 0 aliphatic carbocycles. The first kappa shape index (κ1) is 16.5. The topological polar surface area (TPSA) is 73.4 Å². The van der Waals surface area contributed by atoms with Gasteiger partial charge >= 0.3 is 0 Å². The molecular formula is C19H22N2O3. The number of carbonyl (C=O) groups is 1. The van der Waals surface area contributed by atoms with Crippen LogP contribution in [0.2, 0.25) is 0 Å². The van der Waals surface area contributed by atoms with Crippen molar-refractivity contribution in [1.82, 2.24) is 9.88 Å². The molecule has 1 fully saturated rings. The molecule has 0 spiro atoms. The number of amides is 1. The van der Waals surface area contributed by atoms with E-state index >= 15 is 0 Å². The maximum absolute atomic E-state index is 12.7. The van der Waals surface area contributed by atoms with Crippen LogP contribution in [-0.2, 0) is 0 Å². The quantitative estimate of drug-likeness (QED) is 0.906. The van der Waals surface area contributed by atoms with Gasteiger partial charge in [0.1, 0.15) is 5.56 Å². The van der Waals surface area contributed by atoms with Crippen LogP contribution in [0.15, 0.2) is 47.3 Å². The zero-order valence-electron chi connectivity index (χ0n) is 13.7. The molecule has 0 saturated carbocycles. The van der Waals surface area contributed by atoms with Gasteiger partial charge in [0.05, 0.1) is 6.10 Å². The van der Waals surface area contributed by atoms with E-state index < -0.39 is 6.10 Å². The van der Waals surface area contributed by atoms with Crippen LogP contribution in [0.1, 0.15) is 36.5 Å². The number of aliphatic hydroxyl groups excluding tert-OH is 1. The van der Waals surface area contributed by atoms with E-state index in [0.29, 0.717) is 18.7 Å². The Labute approximate surface area is 140 Å². The van der Waals surface area contributed by atoms with Crippen molar-refractivity contribution in [3.05, 3.63) is 58.4 Å². The molecule has 0 bridgehead atoms. The number of nitrogens with zero attached hydrogens (tertiary/aromatic N) is 1. The number of aliphatic hydroxyl groups is 1. The number of likely N-dealkylation sites (tertiary alicyclic amines) is 1. The summed E-state index contributed by atoms with van der Waals surface area (Å²) < 4.78 is 0. The summed E-state index contributed by atoms with van der Waals surface area (Å²) in [7, 11) is 0. The predicted octanol–water partition coefficient (Wildman–Crippen LogP) is 2.42. The van der Waals surface area contributed by atoms with Crippen molar-refractivity contribution in [3.8, 4) is 11.3 Å². The van der Waals surface area contributed by atoms with Crippen molar-refractivity contribution in [2.24, 2.45) is 0 Å². The van der Waals surface area contributed by atoms with Crippen molar-refractivity contribution in [2.75, 3.05) is 6.54 Å². The molecule has 2 heterocycles. The Hall–Kier alpha value is -2.40. The molecule has 1 saturated heterocycles. The average Bonchev–Trinajstić information content (AvgIpc) is 3.02. The Morgan fingerprint density at radius 1 is 1.29 bits per heavy atom. The molecule has 1 aliphatic rings. The van der Waals surface area contributed by atoms with E-state index in [-0.39, 0.29) is 23.1 Å². The summed E-state index contributed by atoms with van der Waals surface area (Å²) in [5.74, 6) is -0.251. The number of pyridine rings is 1. The zero-order chi connectivity index (χ0) is 17.1. The van der Waals surface area contributed by atoms with Gasteiger partial charge in [-0.1, -0.05) is 30.3 Å². The van der Waals surface area contributed by atoms with Crippen LogP contribution < -0.4 is 5.56 Å². The van der Waals surface area contributed by atoms with Crippen LogP contribution in [0.25, 0.3) is 11.3 Å². The van der Waals surface area contributed by atoms with Gasteiger partial charge in [-0.3, -0.25) is 9.59 Å². The van der Waals surface area contributed by atoms with Gasteiger partial charge in [0, 0.05) is 18.3 Å². The van der Waals surface area contributed by atoms with Crippen molar-refractivity contribution < 1.29 is 9.90 Å². The second-order valence-electron chi connectivity index (χ2n) is 6.36. The average molecular weight is 326 g/mol. The molecule has 5 nitrogen and oxygen atoms in total. The fourth-order valence-corrected chi connectivity index (χ4v) is 3.32. The fourth-order valence-electron chi connectivity index (χ4n) is 3.32. The van der Waals surface area contributed by atoms with Gasteiger partial charge in [-0.25, -0.2) is 0 Å². The Morgan fingerprint density at radius 3 is 2.71 bits per heavy atom. The summed E-state index contributed by atoms with van der Waals surface area (Å²) in [6.07, 6.45) is 1.87. The highest BCUT2D eigenvalue weighted by atomic mass is 16.3. The van der Waals surface area contributed by atoms with Crippen molar-refractivity contribution in [1.29, 1.82) is 0 Å². The van der Waals surface area contributed by atoms with E-state index in [4.69, 9.17) is 0 Å². The van der Waals surface area contributed by atoms with Gasteiger partial charge in [-0.2, -0.15) is 0 Å². The lowest BCUT2D eigenvalue weighted by atomic mass is 10.1. The van der Waals surface area contributed by atoms with Crippen LogP contribution >= 0.6 is 0 Å². The Morgan fingerprint density at radius 2 is 2.04 bits per heavy atom. The highest BCUT2D eigenvalue weighted by Crippen LogP contribution is 2.23. The molecule has 2 N–H and O–H groups in total. The number of aromatic nitrogens is 1. The molecule has 24 heavy (non-hydrogen) atoms. The molecule has 5 heteroatoms. The fraction of sp³-hybridized carbons (Fsp3) is 0.368.